The van der Waals surface area contributed by atoms with Crippen molar-refractivity contribution in [1.82, 2.24) is 19.7 Å². The molecular formula is C14H20N4. The largest absolute Gasteiger partial charge is 0.341 e. The van der Waals surface area contributed by atoms with Gasteiger partial charge in [-0.25, -0.2) is 4.98 Å². The first kappa shape index (κ1) is 11.5. The molecule has 0 spiro atoms. The zero-order valence-electron chi connectivity index (χ0n) is 11.5. The highest BCUT2D eigenvalue weighted by atomic mass is 15.3. The first-order valence-corrected chi connectivity index (χ1v) is 6.64. The second-order valence-corrected chi connectivity index (χ2v) is 5.66. The van der Waals surface area contributed by atoms with E-state index in [1.165, 1.54) is 17.8 Å². The molecule has 0 aromatic carbocycles. The number of imidazole rings is 1. The Balaban J connectivity index is 2.06. The van der Waals surface area contributed by atoms with Crippen molar-refractivity contribution in [1.29, 1.82) is 0 Å². The van der Waals surface area contributed by atoms with E-state index in [1.807, 2.05) is 17.9 Å². The zero-order valence-corrected chi connectivity index (χ0v) is 11.5. The van der Waals surface area contributed by atoms with Crippen molar-refractivity contribution in [2.45, 2.75) is 39.5 Å². The third-order valence-electron chi connectivity index (χ3n) is 4.08. The Morgan fingerprint density at radius 2 is 2.17 bits per heavy atom. The van der Waals surface area contributed by atoms with Crippen molar-refractivity contribution in [3.63, 3.8) is 0 Å². The Labute approximate surface area is 107 Å². The lowest BCUT2D eigenvalue weighted by Gasteiger charge is -2.22. The minimum Gasteiger partial charge on any atom is -0.341 e. The smallest absolute Gasteiger partial charge is 0.141 e. The third kappa shape index (κ3) is 1.67. The number of hydrogen-bond acceptors (Lipinski definition) is 2. The van der Waals surface area contributed by atoms with Crippen LogP contribution in [0.5, 0.6) is 0 Å². The predicted octanol–water partition coefficient (Wildman–Crippen LogP) is 2.80. The molecule has 0 radical (unpaired) electrons. The molecule has 2 aromatic rings. The fourth-order valence-corrected chi connectivity index (χ4v) is 2.99. The van der Waals surface area contributed by atoms with E-state index in [4.69, 9.17) is 4.98 Å². The molecule has 0 amide bonds. The van der Waals surface area contributed by atoms with Gasteiger partial charge in [-0.2, -0.15) is 5.10 Å². The van der Waals surface area contributed by atoms with E-state index in [2.05, 4.69) is 30.9 Å². The molecule has 4 nitrogen and oxygen atoms in total. The van der Waals surface area contributed by atoms with Crippen molar-refractivity contribution < 1.29 is 0 Å². The molecule has 18 heavy (non-hydrogen) atoms. The molecule has 1 N–H and O–H groups in total. The van der Waals surface area contributed by atoms with Crippen molar-refractivity contribution >= 4 is 0 Å². The van der Waals surface area contributed by atoms with Gasteiger partial charge in [0.25, 0.3) is 0 Å². The monoisotopic (exact) mass is 244 g/mol. The van der Waals surface area contributed by atoms with Gasteiger partial charge < -0.3 is 4.98 Å². The first-order valence-electron chi connectivity index (χ1n) is 6.64. The summed E-state index contributed by atoms with van der Waals surface area (Å²) >= 11 is 0. The van der Waals surface area contributed by atoms with Gasteiger partial charge in [0.1, 0.15) is 5.82 Å². The van der Waals surface area contributed by atoms with Crippen LogP contribution in [0, 0.1) is 12.8 Å². The number of nitrogens with one attached hydrogen (secondary N) is 1. The van der Waals surface area contributed by atoms with Crippen LogP contribution in [0.4, 0.5) is 0 Å². The first-order chi connectivity index (χ1) is 8.56. The number of hydrogen-bond donors (Lipinski definition) is 1. The molecule has 4 heteroatoms. The molecule has 1 aliphatic rings. The van der Waals surface area contributed by atoms with Gasteiger partial charge in [-0.3, -0.25) is 4.68 Å². The Bertz CT molecular complexity index is 579. The predicted molar refractivity (Wildman–Crippen MR) is 71.4 cm³/mol. The van der Waals surface area contributed by atoms with Gasteiger partial charge >= 0.3 is 0 Å². The van der Waals surface area contributed by atoms with Gasteiger partial charge in [-0.15, -0.1) is 0 Å². The highest BCUT2D eigenvalue weighted by Crippen LogP contribution is 2.34. The molecule has 3 rings (SSSR count). The van der Waals surface area contributed by atoms with Gasteiger partial charge in [0, 0.05) is 24.4 Å². The molecule has 2 unspecified atom stereocenters. The Morgan fingerprint density at radius 3 is 2.83 bits per heavy atom. The van der Waals surface area contributed by atoms with Gasteiger partial charge in [0.15, 0.2) is 0 Å². The van der Waals surface area contributed by atoms with Crippen LogP contribution in [-0.4, -0.2) is 19.7 Å². The van der Waals surface area contributed by atoms with Crippen LogP contribution in [0.25, 0.3) is 11.4 Å². The van der Waals surface area contributed by atoms with E-state index in [0.717, 1.165) is 29.4 Å². The lowest BCUT2D eigenvalue weighted by molar-refractivity contribution is 0.440. The summed E-state index contributed by atoms with van der Waals surface area (Å²) in [6.45, 7) is 6.67. The number of aromatic amines is 1. The molecule has 2 aromatic heterocycles. The summed E-state index contributed by atoms with van der Waals surface area (Å²) in [4.78, 5) is 8.30. The molecule has 1 aliphatic carbocycles. The lowest BCUT2D eigenvalue weighted by atomic mass is 9.84. The van der Waals surface area contributed by atoms with Crippen LogP contribution in [0.1, 0.15) is 43.3 Å². The van der Waals surface area contributed by atoms with Crippen LogP contribution in [0.15, 0.2) is 6.20 Å². The molecule has 96 valence electrons. The normalized spacial score (nSPS) is 23.1. The molecule has 0 fully saturated rings. The summed E-state index contributed by atoms with van der Waals surface area (Å²) in [5.41, 5.74) is 4.85. The lowest BCUT2D eigenvalue weighted by Crippen LogP contribution is -2.14. The number of aromatic nitrogens is 4. The Kier molecular flexibility index (Phi) is 2.54. The fourth-order valence-electron chi connectivity index (χ4n) is 2.99. The van der Waals surface area contributed by atoms with Crippen molar-refractivity contribution in [2.24, 2.45) is 13.0 Å². The maximum absolute atomic E-state index is 4.80. The van der Waals surface area contributed by atoms with Crippen molar-refractivity contribution in [3.05, 3.63) is 23.3 Å². The van der Waals surface area contributed by atoms with Crippen LogP contribution >= 0.6 is 0 Å². The van der Waals surface area contributed by atoms with Crippen LogP contribution in [0.3, 0.4) is 0 Å². The fraction of sp³-hybridized carbons (Fsp3) is 0.571. The number of nitrogens with zero attached hydrogens (tertiary/aromatic N) is 3. The summed E-state index contributed by atoms with van der Waals surface area (Å²) in [7, 11) is 1.96. The topological polar surface area (TPSA) is 46.5 Å². The summed E-state index contributed by atoms with van der Waals surface area (Å²) < 4.78 is 1.89. The summed E-state index contributed by atoms with van der Waals surface area (Å²) in [5.74, 6) is 2.29. The van der Waals surface area contributed by atoms with E-state index in [1.54, 1.807) is 0 Å². The minimum absolute atomic E-state index is 0.561. The van der Waals surface area contributed by atoms with E-state index in [0.29, 0.717) is 5.92 Å². The summed E-state index contributed by atoms with van der Waals surface area (Å²) in [6.07, 6.45) is 4.25. The molecule has 2 heterocycles. The van der Waals surface area contributed by atoms with Crippen LogP contribution < -0.4 is 0 Å². The van der Waals surface area contributed by atoms with Gasteiger partial charge in [-0.05, 0) is 25.7 Å². The van der Waals surface area contributed by atoms with Gasteiger partial charge in [0.05, 0.1) is 17.5 Å². The standard InChI is InChI=1S/C14H20N4/c1-8-5-9(2)13-12(6-8)16-14(17-13)11-7-15-18(4)10(11)3/h7-9H,5-6H2,1-4H3,(H,16,17). The van der Waals surface area contributed by atoms with E-state index in [-0.39, 0.29) is 0 Å². The van der Waals surface area contributed by atoms with E-state index in [9.17, 15) is 0 Å². The minimum atomic E-state index is 0.561. The molecule has 0 aliphatic heterocycles. The second kappa shape index (κ2) is 3.97. The van der Waals surface area contributed by atoms with Gasteiger partial charge in [0.2, 0.25) is 0 Å². The number of H-pyrrole nitrogens is 1. The van der Waals surface area contributed by atoms with Crippen molar-refractivity contribution in [3.8, 4) is 11.4 Å². The molecule has 0 bridgehead atoms. The van der Waals surface area contributed by atoms with Crippen LogP contribution in [-0.2, 0) is 13.5 Å². The average molecular weight is 244 g/mol. The molecule has 2 atom stereocenters. The van der Waals surface area contributed by atoms with E-state index >= 15 is 0 Å². The highest BCUT2D eigenvalue weighted by Gasteiger charge is 2.26. The number of rotatable bonds is 1. The maximum Gasteiger partial charge on any atom is 0.141 e. The molecule has 0 saturated heterocycles. The average Bonchev–Trinajstić information content (AvgIpc) is 2.84. The summed E-state index contributed by atoms with van der Waals surface area (Å²) in [6, 6.07) is 0. The van der Waals surface area contributed by atoms with Crippen LogP contribution in [0.2, 0.25) is 0 Å². The quantitative estimate of drug-likeness (QED) is 0.838. The Morgan fingerprint density at radius 1 is 1.39 bits per heavy atom. The zero-order chi connectivity index (χ0) is 12.9. The Hall–Kier alpha value is -1.58. The molecule has 0 saturated carbocycles. The second-order valence-electron chi connectivity index (χ2n) is 5.66. The van der Waals surface area contributed by atoms with E-state index < -0.39 is 0 Å². The highest BCUT2D eigenvalue weighted by molar-refractivity contribution is 5.58. The summed E-state index contributed by atoms with van der Waals surface area (Å²) in [5, 5.41) is 4.29. The third-order valence-corrected chi connectivity index (χ3v) is 4.08. The number of aryl methyl sites for hydroxylation is 1. The van der Waals surface area contributed by atoms with Gasteiger partial charge in [-0.1, -0.05) is 13.8 Å². The molecular weight excluding hydrogens is 224 g/mol. The SMILES string of the molecule is Cc1c(-c2nc3c([nH]2)CC(C)CC3C)cnn1C. The van der Waals surface area contributed by atoms with Crippen molar-refractivity contribution in [2.75, 3.05) is 0 Å². The maximum atomic E-state index is 4.80. The number of fused-ring (bicyclic) bond motifs is 1.